The number of benzene rings is 2. The van der Waals surface area contributed by atoms with Crippen molar-refractivity contribution in [1.82, 2.24) is 15.3 Å². The summed E-state index contributed by atoms with van der Waals surface area (Å²) in [7, 11) is 1.64. The fourth-order valence-corrected chi connectivity index (χ4v) is 4.36. The lowest BCUT2D eigenvalue weighted by Gasteiger charge is -2.10. The average molecular weight is 458 g/mol. The molecule has 1 atom stereocenters. The van der Waals surface area contributed by atoms with E-state index in [1.165, 1.54) is 11.8 Å². The van der Waals surface area contributed by atoms with Crippen molar-refractivity contribution in [3.05, 3.63) is 53.6 Å². The number of aromatic amines is 1. The number of nitrogens with one attached hydrogen (secondary N) is 2. The first-order valence-corrected chi connectivity index (χ1v) is 11.5. The number of hydrogen-bond acceptors (Lipinski definition) is 5. The zero-order chi connectivity index (χ0) is 21.6. The molecule has 1 aliphatic heterocycles. The predicted octanol–water partition coefficient (Wildman–Crippen LogP) is 4.79. The maximum Gasteiger partial charge on any atom is 0.230 e. The molecule has 8 heteroatoms. The van der Waals surface area contributed by atoms with Crippen molar-refractivity contribution >= 4 is 29.3 Å². The number of carbonyl (C=O) groups excluding carboxylic acids is 1. The van der Waals surface area contributed by atoms with Crippen LogP contribution >= 0.6 is 23.4 Å². The number of H-pyrrole nitrogens is 1. The molecule has 0 aliphatic carbocycles. The number of methoxy groups -OCH3 is 1. The fourth-order valence-electron chi connectivity index (χ4n) is 3.40. The minimum Gasteiger partial charge on any atom is -0.497 e. The third-order valence-corrected chi connectivity index (χ3v) is 6.26. The van der Waals surface area contributed by atoms with Crippen LogP contribution in [-0.2, 0) is 9.53 Å². The number of carbonyl (C=O) groups is 1. The van der Waals surface area contributed by atoms with Gasteiger partial charge in [0.05, 0.1) is 24.7 Å². The Hall–Kier alpha value is -2.48. The van der Waals surface area contributed by atoms with E-state index >= 15 is 0 Å². The zero-order valence-corrected chi connectivity index (χ0v) is 18.8. The second kappa shape index (κ2) is 10.2. The third kappa shape index (κ3) is 5.61. The molecule has 2 N–H and O–H groups in total. The van der Waals surface area contributed by atoms with Crippen molar-refractivity contribution in [1.29, 1.82) is 0 Å². The van der Waals surface area contributed by atoms with E-state index in [0.29, 0.717) is 17.4 Å². The minimum absolute atomic E-state index is 0.0338. The van der Waals surface area contributed by atoms with Crippen LogP contribution in [0.5, 0.6) is 5.75 Å². The smallest absolute Gasteiger partial charge is 0.230 e. The molecule has 1 aliphatic rings. The molecule has 2 aromatic carbocycles. The molecule has 1 aromatic heterocycles. The van der Waals surface area contributed by atoms with Gasteiger partial charge in [0, 0.05) is 29.3 Å². The lowest BCUT2D eigenvalue weighted by Crippen LogP contribution is -2.32. The van der Waals surface area contributed by atoms with Crippen molar-refractivity contribution < 1.29 is 14.3 Å². The zero-order valence-electron chi connectivity index (χ0n) is 17.2. The Morgan fingerprint density at radius 3 is 2.87 bits per heavy atom. The van der Waals surface area contributed by atoms with Crippen molar-refractivity contribution in [2.75, 3.05) is 26.0 Å². The summed E-state index contributed by atoms with van der Waals surface area (Å²) in [5.74, 6) is 1.71. The topological polar surface area (TPSA) is 76.2 Å². The number of imidazole rings is 1. The highest BCUT2D eigenvalue weighted by Crippen LogP contribution is 2.33. The number of hydrogen-bond donors (Lipinski definition) is 2. The van der Waals surface area contributed by atoms with E-state index in [4.69, 9.17) is 26.1 Å². The Labute approximate surface area is 190 Å². The number of amides is 1. The van der Waals surface area contributed by atoms with Gasteiger partial charge in [0.15, 0.2) is 0 Å². The molecule has 0 saturated carbocycles. The van der Waals surface area contributed by atoms with Gasteiger partial charge in [-0.05, 0) is 37.1 Å². The number of aromatic nitrogens is 2. The van der Waals surface area contributed by atoms with E-state index in [1.807, 2.05) is 48.5 Å². The van der Waals surface area contributed by atoms with Crippen LogP contribution in [0.4, 0.5) is 0 Å². The maximum atomic E-state index is 12.4. The summed E-state index contributed by atoms with van der Waals surface area (Å²) in [6.07, 6.45) is 2.18. The summed E-state index contributed by atoms with van der Waals surface area (Å²) >= 11 is 7.46. The van der Waals surface area contributed by atoms with E-state index in [9.17, 15) is 4.79 Å². The normalized spacial score (nSPS) is 15.7. The first kappa shape index (κ1) is 21.7. The van der Waals surface area contributed by atoms with Crippen LogP contribution in [0.15, 0.2) is 53.6 Å². The van der Waals surface area contributed by atoms with Crippen LogP contribution in [0, 0.1) is 0 Å². The van der Waals surface area contributed by atoms with Crippen molar-refractivity contribution in [2.24, 2.45) is 0 Å². The van der Waals surface area contributed by atoms with Gasteiger partial charge in [-0.2, -0.15) is 0 Å². The first-order valence-electron chi connectivity index (χ1n) is 10.1. The summed E-state index contributed by atoms with van der Waals surface area (Å²) in [6, 6.07) is 15.3. The van der Waals surface area contributed by atoms with Gasteiger partial charge in [0.2, 0.25) is 5.91 Å². The maximum absolute atomic E-state index is 12.4. The number of ether oxygens (including phenoxy) is 2. The van der Waals surface area contributed by atoms with Crippen LogP contribution < -0.4 is 10.1 Å². The van der Waals surface area contributed by atoms with Crippen molar-refractivity contribution in [3.63, 3.8) is 0 Å². The van der Waals surface area contributed by atoms with Gasteiger partial charge < -0.3 is 19.8 Å². The van der Waals surface area contributed by atoms with E-state index in [0.717, 1.165) is 47.0 Å². The molecule has 0 bridgehead atoms. The molecule has 31 heavy (non-hydrogen) atoms. The average Bonchev–Trinajstić information content (AvgIpc) is 3.47. The molecule has 0 spiro atoms. The first-order chi connectivity index (χ1) is 15.1. The monoisotopic (exact) mass is 457 g/mol. The number of nitrogens with zero attached hydrogens (tertiary/aromatic N) is 1. The second-order valence-corrected chi connectivity index (χ2v) is 8.63. The summed E-state index contributed by atoms with van der Waals surface area (Å²) in [6.45, 7) is 1.33. The van der Waals surface area contributed by atoms with Crippen LogP contribution in [0.3, 0.4) is 0 Å². The van der Waals surface area contributed by atoms with Crippen molar-refractivity contribution in [3.8, 4) is 28.4 Å². The van der Waals surface area contributed by atoms with E-state index in [-0.39, 0.29) is 17.8 Å². The number of halogens is 1. The van der Waals surface area contributed by atoms with Gasteiger partial charge in [-0.15, -0.1) is 0 Å². The molecule has 0 radical (unpaired) electrons. The molecular formula is C23H24ClN3O3S. The highest BCUT2D eigenvalue weighted by molar-refractivity contribution is 8.00. The minimum atomic E-state index is -0.0338. The van der Waals surface area contributed by atoms with Crippen LogP contribution in [-0.4, -0.2) is 48.0 Å². The third-order valence-electron chi connectivity index (χ3n) is 5.04. The van der Waals surface area contributed by atoms with Crippen molar-refractivity contribution in [2.45, 2.75) is 24.0 Å². The summed E-state index contributed by atoms with van der Waals surface area (Å²) in [5, 5.41) is 4.38. The Bertz CT molecular complexity index is 1030. The molecule has 1 amide bonds. The summed E-state index contributed by atoms with van der Waals surface area (Å²) in [4.78, 5) is 20.5. The molecule has 1 fully saturated rings. The number of thioether (sulfide) groups is 1. The molecule has 1 saturated heterocycles. The second-order valence-electron chi connectivity index (χ2n) is 7.23. The van der Waals surface area contributed by atoms with E-state index in [2.05, 4.69) is 10.3 Å². The van der Waals surface area contributed by atoms with Crippen LogP contribution in [0.25, 0.3) is 22.6 Å². The van der Waals surface area contributed by atoms with Gasteiger partial charge in [-0.25, -0.2) is 4.98 Å². The van der Waals surface area contributed by atoms with Gasteiger partial charge in [-0.1, -0.05) is 47.6 Å². The molecular weight excluding hydrogens is 434 g/mol. The summed E-state index contributed by atoms with van der Waals surface area (Å²) < 4.78 is 10.9. The molecule has 2 heterocycles. The SMILES string of the molecule is COc1cccc(-c2nc(SCC(=O)NC[C@H]3CCCO3)c(-c3ccc(Cl)cc3)[nH]2)c1. The Morgan fingerprint density at radius 1 is 1.29 bits per heavy atom. The highest BCUT2D eigenvalue weighted by Gasteiger charge is 2.18. The Balaban J connectivity index is 1.53. The standard InChI is InChI=1S/C23H24ClN3O3S/c1-29-18-5-2-4-16(12-18)22-26-21(15-7-9-17(24)10-8-15)23(27-22)31-14-20(28)25-13-19-6-3-11-30-19/h2,4-5,7-10,12,19H,3,6,11,13-14H2,1H3,(H,25,28)(H,26,27)/t19-/m1/s1. The molecule has 4 rings (SSSR count). The molecule has 162 valence electrons. The predicted molar refractivity (Wildman–Crippen MR) is 124 cm³/mol. The lowest BCUT2D eigenvalue weighted by molar-refractivity contribution is -0.119. The fraction of sp³-hybridized carbons (Fsp3) is 0.304. The van der Waals surface area contributed by atoms with Gasteiger partial charge in [0.25, 0.3) is 0 Å². The Morgan fingerprint density at radius 2 is 2.13 bits per heavy atom. The quantitative estimate of drug-likeness (QED) is 0.475. The summed E-state index contributed by atoms with van der Waals surface area (Å²) in [5.41, 5.74) is 2.71. The molecule has 3 aromatic rings. The largest absolute Gasteiger partial charge is 0.497 e. The van der Waals surface area contributed by atoms with E-state index in [1.54, 1.807) is 7.11 Å². The Kier molecular flexibility index (Phi) is 7.17. The molecule has 0 unspecified atom stereocenters. The van der Waals surface area contributed by atoms with Gasteiger partial charge in [0.1, 0.15) is 16.6 Å². The van der Waals surface area contributed by atoms with Crippen LogP contribution in [0.1, 0.15) is 12.8 Å². The lowest BCUT2D eigenvalue weighted by atomic mass is 10.2. The van der Waals surface area contributed by atoms with Crippen LogP contribution in [0.2, 0.25) is 5.02 Å². The van der Waals surface area contributed by atoms with Gasteiger partial charge >= 0.3 is 0 Å². The highest BCUT2D eigenvalue weighted by atomic mass is 35.5. The van der Waals surface area contributed by atoms with E-state index < -0.39 is 0 Å². The number of rotatable bonds is 8. The molecule has 6 nitrogen and oxygen atoms in total. The van der Waals surface area contributed by atoms with Gasteiger partial charge in [-0.3, -0.25) is 4.79 Å².